The predicted octanol–water partition coefficient (Wildman–Crippen LogP) is 1.87. The second-order valence-electron chi connectivity index (χ2n) is 6.16. The summed E-state index contributed by atoms with van der Waals surface area (Å²) in [7, 11) is 0. The first kappa shape index (κ1) is 17.0. The Bertz CT molecular complexity index is 640. The van der Waals surface area contributed by atoms with E-state index in [1.807, 2.05) is 0 Å². The van der Waals surface area contributed by atoms with Crippen molar-refractivity contribution in [1.29, 1.82) is 0 Å². The first-order valence-corrected chi connectivity index (χ1v) is 7.92. The molecule has 2 aromatic heterocycles. The maximum atomic E-state index is 12.7. The van der Waals surface area contributed by atoms with Crippen molar-refractivity contribution in [2.45, 2.75) is 37.6 Å². The topological polar surface area (TPSA) is 70.0 Å². The van der Waals surface area contributed by atoms with E-state index in [2.05, 4.69) is 20.0 Å². The van der Waals surface area contributed by atoms with Crippen LogP contribution in [0.5, 0.6) is 0 Å². The molecule has 9 heteroatoms. The molecular weight excluding hydrogens is 323 g/mol. The van der Waals surface area contributed by atoms with Crippen LogP contribution >= 0.6 is 0 Å². The molecule has 132 valence electrons. The van der Waals surface area contributed by atoms with E-state index in [1.165, 1.54) is 0 Å². The fourth-order valence-electron chi connectivity index (χ4n) is 3.11. The van der Waals surface area contributed by atoms with Gasteiger partial charge < -0.3 is 10.1 Å². The Balaban J connectivity index is 1.57. The molecule has 1 aliphatic heterocycles. The van der Waals surface area contributed by atoms with E-state index in [4.69, 9.17) is 0 Å². The van der Waals surface area contributed by atoms with Crippen LogP contribution in [0.3, 0.4) is 0 Å². The summed E-state index contributed by atoms with van der Waals surface area (Å²) in [6, 6.07) is 1.79. The van der Waals surface area contributed by atoms with Gasteiger partial charge in [0.05, 0.1) is 18.8 Å². The van der Waals surface area contributed by atoms with E-state index < -0.39 is 18.0 Å². The molecule has 1 saturated heterocycles. The quantitative estimate of drug-likeness (QED) is 0.870. The van der Waals surface area contributed by atoms with Crippen molar-refractivity contribution in [2.75, 3.05) is 19.6 Å². The molecule has 2 atom stereocenters. The van der Waals surface area contributed by atoms with Gasteiger partial charge in [-0.2, -0.15) is 18.3 Å². The second kappa shape index (κ2) is 6.94. The van der Waals surface area contributed by atoms with Gasteiger partial charge in [-0.25, -0.2) is 4.98 Å². The highest BCUT2D eigenvalue weighted by Crippen LogP contribution is 2.31. The van der Waals surface area contributed by atoms with E-state index in [0.29, 0.717) is 25.5 Å². The lowest BCUT2D eigenvalue weighted by molar-refractivity contribution is -0.141. The van der Waals surface area contributed by atoms with Crippen molar-refractivity contribution in [3.05, 3.63) is 36.2 Å². The van der Waals surface area contributed by atoms with Gasteiger partial charge in [-0.15, -0.1) is 0 Å². The molecule has 0 aliphatic carbocycles. The van der Waals surface area contributed by atoms with Crippen LogP contribution in [0.25, 0.3) is 0 Å². The van der Waals surface area contributed by atoms with Crippen LogP contribution in [-0.4, -0.2) is 55.5 Å². The first-order valence-electron chi connectivity index (χ1n) is 7.92. The number of halogens is 3. The van der Waals surface area contributed by atoms with E-state index in [1.54, 1.807) is 23.1 Å². The molecule has 0 radical (unpaired) electrons. The summed E-state index contributed by atoms with van der Waals surface area (Å²) in [6.45, 7) is 2.26. The average molecular weight is 343 g/mol. The van der Waals surface area contributed by atoms with Gasteiger partial charge in [0, 0.05) is 31.4 Å². The Morgan fingerprint density at radius 1 is 1.38 bits per heavy atom. The highest BCUT2D eigenvalue weighted by molar-refractivity contribution is 5.09. The number of alkyl halides is 3. The zero-order valence-electron chi connectivity index (χ0n) is 13.1. The zero-order valence-corrected chi connectivity index (χ0v) is 13.1. The standard InChI is InChI=1S/C15H20F3N5O/c16-15(17,18)13-7-19-14(21-13)11-3-1-5-22(8-11)9-12(24)10-23-6-2-4-20-23/h2,4,6-7,11-12,24H,1,3,5,8-10H2,(H,19,21)/t11-,12-/m0/s1. The highest BCUT2D eigenvalue weighted by atomic mass is 19.4. The minimum atomic E-state index is -4.40. The van der Waals surface area contributed by atoms with Gasteiger partial charge in [-0.1, -0.05) is 0 Å². The van der Waals surface area contributed by atoms with Gasteiger partial charge >= 0.3 is 6.18 Å². The molecule has 24 heavy (non-hydrogen) atoms. The third kappa shape index (κ3) is 4.15. The summed E-state index contributed by atoms with van der Waals surface area (Å²) in [4.78, 5) is 8.36. The molecule has 3 heterocycles. The lowest BCUT2D eigenvalue weighted by atomic mass is 9.97. The van der Waals surface area contributed by atoms with Crippen LogP contribution in [0.15, 0.2) is 24.7 Å². The van der Waals surface area contributed by atoms with Crippen molar-refractivity contribution in [2.24, 2.45) is 0 Å². The Morgan fingerprint density at radius 3 is 2.88 bits per heavy atom. The Labute approximate surface area is 137 Å². The lowest BCUT2D eigenvalue weighted by Crippen LogP contribution is -2.41. The number of aliphatic hydroxyl groups is 1. The number of aromatic nitrogens is 4. The number of hydrogen-bond donors (Lipinski definition) is 2. The zero-order chi connectivity index (χ0) is 17.2. The summed E-state index contributed by atoms with van der Waals surface area (Å²) in [5.41, 5.74) is -0.812. The third-order valence-corrected chi connectivity index (χ3v) is 4.22. The maximum absolute atomic E-state index is 12.7. The van der Waals surface area contributed by atoms with Crippen molar-refractivity contribution >= 4 is 0 Å². The lowest BCUT2D eigenvalue weighted by Gasteiger charge is -2.33. The third-order valence-electron chi connectivity index (χ3n) is 4.22. The van der Waals surface area contributed by atoms with E-state index in [-0.39, 0.29) is 5.92 Å². The summed E-state index contributed by atoms with van der Waals surface area (Å²) in [5, 5.41) is 14.2. The fourth-order valence-corrected chi connectivity index (χ4v) is 3.11. The average Bonchev–Trinajstić information content (AvgIpc) is 3.17. The normalized spacial score (nSPS) is 21.1. The summed E-state index contributed by atoms with van der Waals surface area (Å²) in [5.74, 6) is 0.292. The van der Waals surface area contributed by atoms with Crippen LogP contribution < -0.4 is 0 Å². The van der Waals surface area contributed by atoms with Gasteiger partial charge in [-0.05, 0) is 25.5 Å². The molecule has 1 fully saturated rings. The number of β-amino-alcohol motifs (C(OH)–C–C–N with tert-alkyl or cyclic N) is 1. The number of aliphatic hydroxyl groups excluding tert-OH is 1. The molecule has 2 aromatic rings. The molecule has 0 saturated carbocycles. The van der Waals surface area contributed by atoms with Crippen molar-refractivity contribution in [3.63, 3.8) is 0 Å². The summed E-state index contributed by atoms with van der Waals surface area (Å²) >= 11 is 0. The van der Waals surface area contributed by atoms with Crippen molar-refractivity contribution in [3.8, 4) is 0 Å². The Morgan fingerprint density at radius 2 is 2.21 bits per heavy atom. The van der Waals surface area contributed by atoms with E-state index in [9.17, 15) is 18.3 Å². The van der Waals surface area contributed by atoms with Crippen LogP contribution in [0.4, 0.5) is 13.2 Å². The number of hydrogen-bond acceptors (Lipinski definition) is 4. The largest absolute Gasteiger partial charge is 0.432 e. The second-order valence-corrected chi connectivity index (χ2v) is 6.16. The number of nitrogens with zero attached hydrogens (tertiary/aromatic N) is 4. The highest BCUT2D eigenvalue weighted by Gasteiger charge is 2.34. The number of piperidine rings is 1. The van der Waals surface area contributed by atoms with Crippen molar-refractivity contribution < 1.29 is 18.3 Å². The molecule has 0 spiro atoms. The molecule has 0 unspecified atom stereocenters. The van der Waals surface area contributed by atoms with Crippen LogP contribution in [0, 0.1) is 0 Å². The molecule has 0 bridgehead atoms. The molecule has 0 amide bonds. The molecule has 0 aromatic carbocycles. The molecule has 6 nitrogen and oxygen atoms in total. The van der Waals surface area contributed by atoms with E-state index >= 15 is 0 Å². The smallest absolute Gasteiger partial charge is 0.390 e. The summed E-state index contributed by atoms with van der Waals surface area (Å²) < 4.78 is 39.7. The Hall–Kier alpha value is -1.87. The minimum absolute atomic E-state index is 0.0771. The fraction of sp³-hybridized carbons (Fsp3) is 0.600. The van der Waals surface area contributed by atoms with Gasteiger partial charge in [-0.3, -0.25) is 9.58 Å². The molecular formula is C15H20F3N5O. The van der Waals surface area contributed by atoms with Crippen LogP contribution in [0.1, 0.15) is 30.3 Å². The van der Waals surface area contributed by atoms with Crippen LogP contribution in [-0.2, 0) is 12.7 Å². The number of H-pyrrole nitrogens is 1. The molecule has 2 N–H and O–H groups in total. The number of imidazole rings is 1. The number of likely N-dealkylation sites (tertiary alicyclic amines) is 1. The number of nitrogens with one attached hydrogen (secondary N) is 1. The molecule has 1 aliphatic rings. The molecule has 3 rings (SSSR count). The van der Waals surface area contributed by atoms with E-state index in [0.717, 1.165) is 25.6 Å². The maximum Gasteiger partial charge on any atom is 0.432 e. The SMILES string of the molecule is O[C@@H](CN1CCC[C@H](c2ncc(C(F)(F)F)[nH]2)C1)Cn1cccn1. The minimum Gasteiger partial charge on any atom is -0.390 e. The van der Waals surface area contributed by atoms with Crippen molar-refractivity contribution in [1.82, 2.24) is 24.6 Å². The predicted molar refractivity (Wildman–Crippen MR) is 80.2 cm³/mol. The Kier molecular flexibility index (Phi) is 4.91. The van der Waals surface area contributed by atoms with Gasteiger partial charge in [0.2, 0.25) is 0 Å². The van der Waals surface area contributed by atoms with Gasteiger partial charge in [0.25, 0.3) is 0 Å². The number of aromatic amines is 1. The van der Waals surface area contributed by atoms with Crippen LogP contribution in [0.2, 0.25) is 0 Å². The number of rotatable bonds is 5. The first-order chi connectivity index (χ1) is 11.4. The summed E-state index contributed by atoms with van der Waals surface area (Å²) in [6.07, 6.45) is 0.951. The van der Waals surface area contributed by atoms with Gasteiger partial charge in [0.15, 0.2) is 0 Å². The van der Waals surface area contributed by atoms with Gasteiger partial charge in [0.1, 0.15) is 11.5 Å². The monoisotopic (exact) mass is 343 g/mol.